The number of ether oxygens (including phenoxy) is 1. The Bertz CT molecular complexity index is 871. The molecule has 0 N–H and O–H groups in total. The van der Waals surface area contributed by atoms with Crippen molar-refractivity contribution in [2.45, 2.75) is 32.2 Å². The van der Waals surface area contributed by atoms with Gasteiger partial charge < -0.3 is 14.2 Å². The Morgan fingerprint density at radius 3 is 2.85 bits per heavy atom. The van der Waals surface area contributed by atoms with E-state index in [0.717, 1.165) is 45.7 Å². The zero-order valence-corrected chi connectivity index (χ0v) is 15.6. The van der Waals surface area contributed by atoms with Crippen molar-refractivity contribution in [3.8, 4) is 6.07 Å². The molecule has 1 amide bonds. The van der Waals surface area contributed by atoms with Gasteiger partial charge in [-0.1, -0.05) is 6.07 Å². The summed E-state index contributed by atoms with van der Waals surface area (Å²) in [7, 11) is 0. The summed E-state index contributed by atoms with van der Waals surface area (Å²) in [5.74, 6) is 2.09. The normalized spacial score (nSPS) is 18.1. The maximum atomic E-state index is 12.6. The van der Waals surface area contributed by atoms with Crippen LogP contribution in [0.1, 0.15) is 46.2 Å². The van der Waals surface area contributed by atoms with Crippen molar-refractivity contribution in [1.29, 1.82) is 5.26 Å². The van der Waals surface area contributed by atoms with E-state index in [-0.39, 0.29) is 5.91 Å². The van der Waals surface area contributed by atoms with Crippen LogP contribution < -0.4 is 0 Å². The molecular weight excluding hydrogens is 340 g/mol. The molecule has 6 heteroatoms. The van der Waals surface area contributed by atoms with Crippen molar-refractivity contribution in [3.63, 3.8) is 0 Å². The van der Waals surface area contributed by atoms with Crippen LogP contribution in [0.15, 0.2) is 30.5 Å². The summed E-state index contributed by atoms with van der Waals surface area (Å²) in [5.41, 5.74) is 2.30. The first-order valence-electron chi connectivity index (χ1n) is 9.55. The number of carbonyl (C=O) groups is 1. The lowest BCUT2D eigenvalue weighted by Gasteiger charge is -2.40. The molecule has 0 saturated carbocycles. The number of hydrogen-bond donors (Lipinski definition) is 0. The fraction of sp³-hybridized carbons (Fsp3) is 0.476. The molecule has 27 heavy (non-hydrogen) atoms. The van der Waals surface area contributed by atoms with Gasteiger partial charge in [0.1, 0.15) is 5.82 Å². The maximum Gasteiger partial charge on any atom is 0.253 e. The minimum absolute atomic E-state index is 0.00959. The molecule has 140 valence electrons. The molecule has 0 atom stereocenters. The number of carbonyl (C=O) groups excluding carboxylic acids is 1. The highest BCUT2D eigenvalue weighted by atomic mass is 16.5. The van der Waals surface area contributed by atoms with Gasteiger partial charge in [0.05, 0.1) is 11.6 Å². The summed E-state index contributed by atoms with van der Waals surface area (Å²) >= 11 is 0. The van der Waals surface area contributed by atoms with E-state index in [2.05, 4.69) is 22.5 Å². The standard InChI is InChI=1S/C21H24N4O2/c1-15-11-23-20(18-5-7-27-8-6-18)25(15)14-17-12-24(13-17)21(26)19-4-2-3-16(9-19)10-22/h2-4,9,11,17-18H,5-8,12-14H2,1H3. The summed E-state index contributed by atoms with van der Waals surface area (Å²) in [6, 6.07) is 9.01. The van der Waals surface area contributed by atoms with E-state index < -0.39 is 0 Å². The third-order valence-corrected chi connectivity index (χ3v) is 5.60. The van der Waals surface area contributed by atoms with Gasteiger partial charge in [0, 0.05) is 62.1 Å². The second kappa shape index (κ2) is 7.53. The predicted molar refractivity (Wildman–Crippen MR) is 100 cm³/mol. The maximum absolute atomic E-state index is 12.6. The highest BCUT2D eigenvalue weighted by molar-refractivity contribution is 5.95. The van der Waals surface area contributed by atoms with Gasteiger partial charge in [0.25, 0.3) is 5.91 Å². The monoisotopic (exact) mass is 364 g/mol. The average molecular weight is 364 g/mol. The van der Waals surface area contributed by atoms with E-state index in [4.69, 9.17) is 10.00 Å². The van der Waals surface area contributed by atoms with Crippen LogP contribution in [-0.2, 0) is 11.3 Å². The van der Waals surface area contributed by atoms with E-state index in [1.807, 2.05) is 11.1 Å². The molecule has 1 aromatic heterocycles. The molecule has 0 spiro atoms. The Labute approximate surface area is 159 Å². The Balaban J connectivity index is 1.39. The topological polar surface area (TPSA) is 71.2 Å². The van der Waals surface area contributed by atoms with E-state index in [1.165, 1.54) is 11.5 Å². The van der Waals surface area contributed by atoms with E-state index >= 15 is 0 Å². The lowest BCUT2D eigenvalue weighted by atomic mass is 9.96. The fourth-order valence-electron chi connectivity index (χ4n) is 4.01. The zero-order chi connectivity index (χ0) is 18.8. The Morgan fingerprint density at radius 1 is 1.33 bits per heavy atom. The summed E-state index contributed by atoms with van der Waals surface area (Å²) in [4.78, 5) is 19.1. The van der Waals surface area contributed by atoms with Crippen LogP contribution in [0.5, 0.6) is 0 Å². The van der Waals surface area contributed by atoms with E-state index in [0.29, 0.717) is 23.0 Å². The van der Waals surface area contributed by atoms with Gasteiger partial charge in [0.15, 0.2) is 0 Å². The Kier molecular flexibility index (Phi) is 4.95. The van der Waals surface area contributed by atoms with Gasteiger partial charge in [-0.3, -0.25) is 4.79 Å². The number of nitriles is 1. The van der Waals surface area contributed by atoms with Crippen LogP contribution in [0, 0.1) is 24.2 Å². The second-order valence-electron chi connectivity index (χ2n) is 7.52. The molecule has 2 aromatic rings. The number of rotatable bonds is 4. The largest absolute Gasteiger partial charge is 0.381 e. The molecule has 2 fully saturated rings. The molecule has 1 aromatic carbocycles. The highest BCUT2D eigenvalue weighted by Crippen LogP contribution is 2.29. The fourth-order valence-corrected chi connectivity index (χ4v) is 4.01. The van der Waals surface area contributed by atoms with Crippen LogP contribution in [0.4, 0.5) is 0 Å². The number of hydrogen-bond acceptors (Lipinski definition) is 4. The first kappa shape index (κ1) is 17.7. The lowest BCUT2D eigenvalue weighted by molar-refractivity contribution is 0.0460. The van der Waals surface area contributed by atoms with Crippen molar-refractivity contribution in [2.24, 2.45) is 5.92 Å². The highest BCUT2D eigenvalue weighted by Gasteiger charge is 2.33. The predicted octanol–water partition coefficient (Wildman–Crippen LogP) is 2.73. The van der Waals surface area contributed by atoms with E-state index in [9.17, 15) is 4.79 Å². The summed E-state index contributed by atoms with van der Waals surface area (Å²) in [6.07, 6.45) is 4.02. The average Bonchev–Trinajstić information content (AvgIpc) is 3.05. The smallest absolute Gasteiger partial charge is 0.253 e. The third kappa shape index (κ3) is 3.60. The van der Waals surface area contributed by atoms with Crippen molar-refractivity contribution < 1.29 is 9.53 Å². The number of imidazole rings is 1. The minimum atomic E-state index is 0.00959. The minimum Gasteiger partial charge on any atom is -0.381 e. The number of nitrogens with zero attached hydrogens (tertiary/aromatic N) is 4. The van der Waals surface area contributed by atoms with Gasteiger partial charge >= 0.3 is 0 Å². The van der Waals surface area contributed by atoms with Crippen molar-refractivity contribution in [3.05, 3.63) is 53.1 Å². The van der Waals surface area contributed by atoms with Gasteiger partial charge in [-0.2, -0.15) is 5.26 Å². The Morgan fingerprint density at radius 2 is 2.11 bits per heavy atom. The Hall–Kier alpha value is -2.65. The first-order chi connectivity index (χ1) is 13.2. The third-order valence-electron chi connectivity index (χ3n) is 5.60. The summed E-state index contributed by atoms with van der Waals surface area (Å²) in [6.45, 7) is 6.13. The molecule has 6 nitrogen and oxygen atoms in total. The van der Waals surface area contributed by atoms with Crippen LogP contribution in [-0.4, -0.2) is 46.7 Å². The SMILES string of the molecule is Cc1cnc(C2CCOCC2)n1CC1CN(C(=O)c2cccc(C#N)c2)C1. The van der Waals surface area contributed by atoms with Crippen LogP contribution in [0.25, 0.3) is 0 Å². The number of likely N-dealkylation sites (tertiary alicyclic amines) is 1. The van der Waals surface area contributed by atoms with Crippen molar-refractivity contribution >= 4 is 5.91 Å². The number of aryl methyl sites for hydroxylation is 1. The van der Waals surface area contributed by atoms with Gasteiger partial charge in [-0.25, -0.2) is 4.98 Å². The molecule has 3 heterocycles. The number of benzene rings is 1. The molecular formula is C21H24N4O2. The van der Waals surface area contributed by atoms with Gasteiger partial charge in [-0.05, 0) is 38.0 Å². The van der Waals surface area contributed by atoms with Gasteiger partial charge in [-0.15, -0.1) is 0 Å². The van der Waals surface area contributed by atoms with Crippen LogP contribution in [0.3, 0.4) is 0 Å². The molecule has 0 unspecified atom stereocenters. The molecule has 4 rings (SSSR count). The first-order valence-corrected chi connectivity index (χ1v) is 9.55. The number of aromatic nitrogens is 2. The molecule has 0 radical (unpaired) electrons. The van der Waals surface area contributed by atoms with Crippen molar-refractivity contribution in [2.75, 3.05) is 26.3 Å². The molecule has 2 aliphatic heterocycles. The van der Waals surface area contributed by atoms with Crippen molar-refractivity contribution in [1.82, 2.24) is 14.5 Å². The van der Waals surface area contributed by atoms with Crippen LogP contribution in [0.2, 0.25) is 0 Å². The lowest BCUT2D eigenvalue weighted by Crippen LogP contribution is -2.51. The molecule has 0 aliphatic carbocycles. The summed E-state index contributed by atoms with van der Waals surface area (Å²) < 4.78 is 7.81. The number of amides is 1. The quantitative estimate of drug-likeness (QED) is 0.836. The molecule has 2 saturated heterocycles. The molecule has 2 aliphatic rings. The van der Waals surface area contributed by atoms with Gasteiger partial charge in [0.2, 0.25) is 0 Å². The van der Waals surface area contributed by atoms with Crippen LogP contribution >= 0.6 is 0 Å². The molecule has 0 bridgehead atoms. The second-order valence-corrected chi connectivity index (χ2v) is 7.52. The zero-order valence-electron chi connectivity index (χ0n) is 15.6. The summed E-state index contributed by atoms with van der Waals surface area (Å²) in [5, 5.41) is 9.01. The van der Waals surface area contributed by atoms with E-state index in [1.54, 1.807) is 24.3 Å².